The minimum atomic E-state index is 0.271. The van der Waals surface area contributed by atoms with Gasteiger partial charge in [-0.2, -0.15) is 0 Å². The van der Waals surface area contributed by atoms with Crippen LogP contribution in [-0.4, -0.2) is 16.8 Å². The molecule has 1 aromatic heterocycles. The first kappa shape index (κ1) is 11.4. The number of hydrogen-bond donors (Lipinski definition) is 2. The molecule has 0 fully saturated rings. The van der Waals surface area contributed by atoms with Gasteiger partial charge >= 0.3 is 0 Å². The van der Waals surface area contributed by atoms with E-state index in [0.29, 0.717) is 6.54 Å². The SMILES string of the molecule is COc1ccc(O)c(CNc2cccn2C)c1. The number of anilines is 1. The molecule has 1 aromatic carbocycles. The molecular weight excluding hydrogens is 216 g/mol. The molecule has 90 valence electrons. The smallest absolute Gasteiger partial charge is 0.120 e. The normalized spacial score (nSPS) is 10.2. The van der Waals surface area contributed by atoms with Crippen LogP contribution in [0.2, 0.25) is 0 Å². The summed E-state index contributed by atoms with van der Waals surface area (Å²) in [5.74, 6) is 2.02. The summed E-state index contributed by atoms with van der Waals surface area (Å²) >= 11 is 0. The van der Waals surface area contributed by atoms with Crippen molar-refractivity contribution in [3.05, 3.63) is 42.1 Å². The van der Waals surface area contributed by atoms with E-state index < -0.39 is 0 Å². The van der Waals surface area contributed by atoms with E-state index in [1.165, 1.54) is 0 Å². The number of phenols is 1. The fraction of sp³-hybridized carbons (Fsp3) is 0.231. The standard InChI is InChI=1S/C13H16N2O2/c1-15-7-3-4-13(15)14-9-10-8-11(17-2)5-6-12(10)16/h3-8,14,16H,9H2,1-2H3. The monoisotopic (exact) mass is 232 g/mol. The van der Waals surface area contributed by atoms with Crippen LogP contribution < -0.4 is 10.1 Å². The highest BCUT2D eigenvalue weighted by molar-refractivity contribution is 5.43. The van der Waals surface area contributed by atoms with Gasteiger partial charge in [0.05, 0.1) is 7.11 Å². The Labute approximate surface area is 100 Å². The van der Waals surface area contributed by atoms with Crippen LogP contribution in [0.1, 0.15) is 5.56 Å². The quantitative estimate of drug-likeness (QED) is 0.850. The molecule has 0 aliphatic heterocycles. The number of aryl methyl sites for hydroxylation is 1. The lowest BCUT2D eigenvalue weighted by Crippen LogP contribution is -2.03. The highest BCUT2D eigenvalue weighted by Gasteiger charge is 2.04. The molecule has 17 heavy (non-hydrogen) atoms. The van der Waals surface area contributed by atoms with Gasteiger partial charge in [-0.05, 0) is 30.3 Å². The topological polar surface area (TPSA) is 46.4 Å². The van der Waals surface area contributed by atoms with Crippen LogP contribution in [0.3, 0.4) is 0 Å². The van der Waals surface area contributed by atoms with Crippen molar-refractivity contribution in [1.29, 1.82) is 0 Å². The van der Waals surface area contributed by atoms with Crippen molar-refractivity contribution in [2.75, 3.05) is 12.4 Å². The second-order valence-electron chi connectivity index (χ2n) is 3.85. The zero-order valence-electron chi connectivity index (χ0n) is 9.97. The molecule has 2 rings (SSSR count). The summed E-state index contributed by atoms with van der Waals surface area (Å²) in [6.07, 6.45) is 1.97. The fourth-order valence-electron chi connectivity index (χ4n) is 1.66. The van der Waals surface area contributed by atoms with Gasteiger partial charge in [0.25, 0.3) is 0 Å². The summed E-state index contributed by atoms with van der Waals surface area (Å²) in [6, 6.07) is 9.15. The average Bonchev–Trinajstić information content (AvgIpc) is 2.74. The van der Waals surface area contributed by atoms with E-state index in [1.807, 2.05) is 36.0 Å². The lowest BCUT2D eigenvalue weighted by Gasteiger charge is -2.10. The molecule has 0 saturated heterocycles. The van der Waals surface area contributed by atoms with E-state index >= 15 is 0 Å². The maximum atomic E-state index is 9.73. The van der Waals surface area contributed by atoms with Crippen LogP contribution in [0.5, 0.6) is 11.5 Å². The number of rotatable bonds is 4. The fourth-order valence-corrected chi connectivity index (χ4v) is 1.66. The Balaban J connectivity index is 2.11. The highest BCUT2D eigenvalue weighted by Crippen LogP contribution is 2.23. The molecule has 0 amide bonds. The number of aromatic hydroxyl groups is 1. The number of benzene rings is 1. The predicted molar refractivity (Wildman–Crippen MR) is 67.4 cm³/mol. The predicted octanol–water partition coefficient (Wildman–Crippen LogP) is 2.35. The molecule has 2 N–H and O–H groups in total. The van der Waals surface area contributed by atoms with Gasteiger partial charge in [-0.1, -0.05) is 0 Å². The van der Waals surface area contributed by atoms with Gasteiger partial charge in [0.15, 0.2) is 0 Å². The number of phenolic OH excluding ortho intramolecular Hbond substituents is 1. The zero-order chi connectivity index (χ0) is 12.3. The maximum Gasteiger partial charge on any atom is 0.120 e. The van der Waals surface area contributed by atoms with E-state index in [-0.39, 0.29) is 5.75 Å². The largest absolute Gasteiger partial charge is 0.508 e. The summed E-state index contributed by atoms with van der Waals surface area (Å²) in [4.78, 5) is 0. The second kappa shape index (κ2) is 4.82. The van der Waals surface area contributed by atoms with Crippen molar-refractivity contribution < 1.29 is 9.84 Å². The third kappa shape index (κ3) is 2.53. The minimum Gasteiger partial charge on any atom is -0.508 e. The van der Waals surface area contributed by atoms with Gasteiger partial charge in [0, 0.05) is 25.4 Å². The average molecular weight is 232 g/mol. The van der Waals surface area contributed by atoms with Gasteiger partial charge in [-0.15, -0.1) is 0 Å². The summed E-state index contributed by atoms with van der Waals surface area (Å²) in [7, 11) is 3.58. The van der Waals surface area contributed by atoms with Gasteiger partial charge in [0.1, 0.15) is 17.3 Å². The van der Waals surface area contributed by atoms with E-state index in [4.69, 9.17) is 4.74 Å². The van der Waals surface area contributed by atoms with Crippen molar-refractivity contribution in [2.24, 2.45) is 7.05 Å². The Hall–Kier alpha value is -2.10. The third-order valence-electron chi connectivity index (χ3n) is 2.69. The van der Waals surface area contributed by atoms with Gasteiger partial charge in [-0.3, -0.25) is 0 Å². The van der Waals surface area contributed by atoms with Gasteiger partial charge < -0.3 is 19.7 Å². The van der Waals surface area contributed by atoms with Crippen molar-refractivity contribution >= 4 is 5.82 Å². The Morgan fingerprint density at radius 2 is 2.18 bits per heavy atom. The van der Waals surface area contributed by atoms with Gasteiger partial charge in [-0.25, -0.2) is 0 Å². The Bertz CT molecular complexity index is 506. The molecule has 1 heterocycles. The van der Waals surface area contributed by atoms with Gasteiger partial charge in [0.2, 0.25) is 0 Å². The molecule has 0 spiro atoms. The van der Waals surface area contributed by atoms with Crippen LogP contribution in [-0.2, 0) is 13.6 Å². The van der Waals surface area contributed by atoms with E-state index in [2.05, 4.69) is 5.32 Å². The van der Waals surface area contributed by atoms with Crippen molar-refractivity contribution in [3.63, 3.8) is 0 Å². The number of nitrogens with zero attached hydrogens (tertiary/aromatic N) is 1. The third-order valence-corrected chi connectivity index (χ3v) is 2.69. The van der Waals surface area contributed by atoms with E-state index in [9.17, 15) is 5.11 Å². The highest BCUT2D eigenvalue weighted by atomic mass is 16.5. The summed E-state index contributed by atoms with van der Waals surface area (Å²) in [5, 5.41) is 13.0. The minimum absolute atomic E-state index is 0.271. The number of methoxy groups -OCH3 is 1. The molecule has 0 saturated carbocycles. The molecule has 0 unspecified atom stereocenters. The lowest BCUT2D eigenvalue weighted by atomic mass is 10.2. The summed E-state index contributed by atoms with van der Waals surface area (Å²) < 4.78 is 7.11. The summed E-state index contributed by atoms with van der Waals surface area (Å²) in [6.45, 7) is 0.556. The Morgan fingerprint density at radius 3 is 2.82 bits per heavy atom. The number of nitrogens with one attached hydrogen (secondary N) is 1. The molecule has 0 radical (unpaired) electrons. The van der Waals surface area contributed by atoms with E-state index in [1.54, 1.807) is 19.2 Å². The Morgan fingerprint density at radius 1 is 1.35 bits per heavy atom. The lowest BCUT2D eigenvalue weighted by molar-refractivity contribution is 0.411. The molecule has 0 bridgehead atoms. The Kier molecular flexibility index (Phi) is 3.23. The molecule has 0 aliphatic rings. The molecule has 4 nitrogen and oxygen atoms in total. The zero-order valence-corrected chi connectivity index (χ0v) is 9.97. The van der Waals surface area contributed by atoms with E-state index in [0.717, 1.165) is 17.1 Å². The molecular formula is C13H16N2O2. The van der Waals surface area contributed by atoms with Crippen LogP contribution in [0.15, 0.2) is 36.5 Å². The van der Waals surface area contributed by atoms with Crippen LogP contribution in [0.25, 0.3) is 0 Å². The number of aromatic nitrogens is 1. The first-order chi connectivity index (χ1) is 8.20. The number of ether oxygens (including phenoxy) is 1. The molecule has 4 heteroatoms. The molecule has 0 aliphatic carbocycles. The van der Waals surface area contributed by atoms with Crippen LogP contribution in [0, 0.1) is 0 Å². The van der Waals surface area contributed by atoms with Crippen molar-refractivity contribution in [2.45, 2.75) is 6.54 Å². The first-order valence-corrected chi connectivity index (χ1v) is 5.42. The summed E-state index contributed by atoms with van der Waals surface area (Å²) in [5.41, 5.74) is 0.811. The van der Waals surface area contributed by atoms with Crippen LogP contribution in [0.4, 0.5) is 5.82 Å². The first-order valence-electron chi connectivity index (χ1n) is 5.42. The van der Waals surface area contributed by atoms with Crippen molar-refractivity contribution in [3.8, 4) is 11.5 Å². The molecule has 2 aromatic rings. The second-order valence-corrected chi connectivity index (χ2v) is 3.85. The van der Waals surface area contributed by atoms with Crippen molar-refractivity contribution in [1.82, 2.24) is 4.57 Å². The van der Waals surface area contributed by atoms with Crippen LogP contribution >= 0.6 is 0 Å². The maximum absolute atomic E-state index is 9.73. The molecule has 0 atom stereocenters. The number of hydrogen-bond acceptors (Lipinski definition) is 3.